The largest absolute Gasteiger partial charge is 0.375 e. The van der Waals surface area contributed by atoms with Crippen LogP contribution in [-0.4, -0.2) is 42.9 Å². The molecular formula is C14H20N4O4S. The Labute approximate surface area is 134 Å². The fraction of sp³-hybridized carbons (Fsp3) is 0.571. The van der Waals surface area contributed by atoms with Crippen molar-refractivity contribution in [1.82, 2.24) is 4.90 Å². The van der Waals surface area contributed by atoms with Gasteiger partial charge in [0.05, 0.1) is 9.82 Å². The highest BCUT2D eigenvalue weighted by molar-refractivity contribution is 7.89. The monoisotopic (exact) mass is 340 g/mol. The molecule has 0 radical (unpaired) electrons. The van der Waals surface area contributed by atoms with E-state index in [0.717, 1.165) is 19.0 Å². The molecule has 1 aromatic rings. The number of nitrogens with one attached hydrogen (secondary N) is 1. The summed E-state index contributed by atoms with van der Waals surface area (Å²) >= 11 is 0. The molecule has 0 aromatic heterocycles. The number of rotatable bonds is 5. The number of nitrogens with two attached hydrogens (primary N) is 1. The first-order chi connectivity index (χ1) is 10.8. The summed E-state index contributed by atoms with van der Waals surface area (Å²) in [5, 5.41) is 19.5. The van der Waals surface area contributed by atoms with Crippen LogP contribution < -0.4 is 10.5 Å². The molecule has 23 heavy (non-hydrogen) atoms. The average molecular weight is 340 g/mol. The van der Waals surface area contributed by atoms with Gasteiger partial charge in [-0.05, 0) is 38.3 Å². The lowest BCUT2D eigenvalue weighted by Crippen LogP contribution is -2.31. The fourth-order valence-electron chi connectivity index (χ4n) is 3.26. The summed E-state index contributed by atoms with van der Waals surface area (Å²) in [6.07, 6.45) is 3.35. The van der Waals surface area contributed by atoms with Gasteiger partial charge in [0.15, 0.2) is 0 Å². The molecule has 2 fully saturated rings. The van der Waals surface area contributed by atoms with E-state index in [4.69, 9.17) is 5.14 Å². The maximum absolute atomic E-state index is 11.4. The molecule has 8 nitrogen and oxygen atoms in total. The molecule has 2 unspecified atom stereocenters. The predicted molar refractivity (Wildman–Crippen MR) is 85.7 cm³/mol. The first-order valence-electron chi connectivity index (χ1n) is 7.59. The van der Waals surface area contributed by atoms with Crippen LogP contribution in [0.5, 0.6) is 0 Å². The summed E-state index contributed by atoms with van der Waals surface area (Å²) in [4.78, 5) is 12.8. The van der Waals surface area contributed by atoms with E-state index in [9.17, 15) is 18.5 Å². The zero-order valence-corrected chi connectivity index (χ0v) is 13.6. The van der Waals surface area contributed by atoms with Crippen molar-refractivity contribution in [3.05, 3.63) is 28.3 Å². The molecule has 1 saturated carbocycles. The third-order valence-electron chi connectivity index (χ3n) is 4.49. The minimum atomic E-state index is -3.96. The molecule has 1 aliphatic heterocycles. The molecule has 0 spiro atoms. The zero-order valence-electron chi connectivity index (χ0n) is 12.8. The molecule has 9 heteroatoms. The molecule has 3 N–H and O–H groups in total. The normalized spacial score (nSPS) is 25.5. The van der Waals surface area contributed by atoms with Crippen molar-refractivity contribution < 1.29 is 13.3 Å². The van der Waals surface area contributed by atoms with Gasteiger partial charge in [-0.15, -0.1) is 0 Å². The van der Waals surface area contributed by atoms with Gasteiger partial charge in [0.25, 0.3) is 5.69 Å². The molecule has 1 saturated heterocycles. The molecule has 1 heterocycles. The lowest BCUT2D eigenvalue weighted by molar-refractivity contribution is -0.384. The number of benzene rings is 1. The van der Waals surface area contributed by atoms with E-state index < -0.39 is 14.9 Å². The van der Waals surface area contributed by atoms with Crippen molar-refractivity contribution in [2.75, 3.05) is 11.9 Å². The second kappa shape index (κ2) is 5.73. The Morgan fingerprint density at radius 1 is 1.39 bits per heavy atom. The first kappa shape index (κ1) is 16.2. The second-order valence-electron chi connectivity index (χ2n) is 6.34. The van der Waals surface area contributed by atoms with Gasteiger partial charge in [-0.3, -0.25) is 15.0 Å². The van der Waals surface area contributed by atoms with Gasteiger partial charge in [-0.2, -0.15) is 0 Å². The average Bonchev–Trinajstić information content (AvgIpc) is 3.22. The topological polar surface area (TPSA) is 119 Å². The SMILES string of the molecule is CC1CC(Nc2ccc(S(N)(=O)=O)cc2[N+](=O)[O-])CN1C1CC1. The Bertz CT molecular complexity index is 732. The lowest BCUT2D eigenvalue weighted by atomic mass is 10.1. The van der Waals surface area contributed by atoms with Crippen molar-refractivity contribution >= 4 is 21.4 Å². The number of sulfonamides is 1. The molecule has 3 rings (SSSR count). The van der Waals surface area contributed by atoms with E-state index in [1.165, 1.54) is 25.0 Å². The van der Waals surface area contributed by atoms with Gasteiger partial charge in [-0.25, -0.2) is 13.6 Å². The van der Waals surface area contributed by atoms with Crippen LogP contribution in [0.4, 0.5) is 11.4 Å². The number of likely N-dealkylation sites (tertiary alicyclic amines) is 1. The second-order valence-corrected chi connectivity index (χ2v) is 7.90. The minimum Gasteiger partial charge on any atom is -0.375 e. The van der Waals surface area contributed by atoms with Crippen molar-refractivity contribution in [1.29, 1.82) is 0 Å². The number of hydrogen-bond acceptors (Lipinski definition) is 6. The molecule has 1 aromatic carbocycles. The molecule has 0 bridgehead atoms. The van der Waals surface area contributed by atoms with E-state index in [1.807, 2.05) is 0 Å². The van der Waals surface area contributed by atoms with Gasteiger partial charge in [-0.1, -0.05) is 0 Å². The molecule has 2 aliphatic rings. The van der Waals surface area contributed by atoms with Gasteiger partial charge >= 0.3 is 0 Å². The van der Waals surface area contributed by atoms with E-state index in [-0.39, 0.29) is 16.6 Å². The summed E-state index contributed by atoms with van der Waals surface area (Å²) in [6.45, 7) is 3.01. The van der Waals surface area contributed by atoms with Gasteiger partial charge in [0.1, 0.15) is 5.69 Å². The predicted octanol–water partition coefficient (Wildman–Crippen LogP) is 1.28. The lowest BCUT2D eigenvalue weighted by Gasteiger charge is -2.20. The minimum absolute atomic E-state index is 0.115. The van der Waals surface area contributed by atoms with Crippen LogP contribution in [0.15, 0.2) is 23.1 Å². The van der Waals surface area contributed by atoms with Crippen LogP contribution in [0, 0.1) is 10.1 Å². The first-order valence-corrected chi connectivity index (χ1v) is 9.14. The van der Waals surface area contributed by atoms with Crippen LogP contribution in [0.3, 0.4) is 0 Å². The van der Waals surface area contributed by atoms with E-state index in [1.54, 1.807) is 0 Å². The standard InChI is InChI=1S/C14H20N4O4S/c1-9-6-10(8-17(9)11-2-3-11)16-13-5-4-12(23(15,21)22)7-14(13)18(19)20/h4-5,7,9-11,16H,2-3,6,8H2,1H3,(H2,15,21,22). The van der Waals surface area contributed by atoms with Crippen LogP contribution >= 0.6 is 0 Å². The highest BCUT2D eigenvalue weighted by Crippen LogP contribution is 2.35. The van der Waals surface area contributed by atoms with Crippen LogP contribution in [-0.2, 0) is 10.0 Å². The molecule has 126 valence electrons. The number of nitrogens with zero attached hydrogens (tertiary/aromatic N) is 2. The summed E-state index contributed by atoms with van der Waals surface area (Å²) in [5.41, 5.74) is 0.0614. The Morgan fingerprint density at radius 2 is 2.09 bits per heavy atom. The number of anilines is 1. The van der Waals surface area contributed by atoms with Crippen LogP contribution in [0.25, 0.3) is 0 Å². The zero-order chi connectivity index (χ0) is 16.8. The van der Waals surface area contributed by atoms with Crippen LogP contribution in [0.2, 0.25) is 0 Å². The smallest absolute Gasteiger partial charge is 0.293 e. The molecule has 1 aliphatic carbocycles. The summed E-state index contributed by atoms with van der Waals surface area (Å²) < 4.78 is 22.7. The van der Waals surface area contributed by atoms with E-state index in [0.29, 0.717) is 17.8 Å². The Hall–Kier alpha value is -1.71. The third-order valence-corrected chi connectivity index (χ3v) is 5.40. The number of nitro groups is 1. The highest BCUT2D eigenvalue weighted by Gasteiger charge is 2.39. The van der Waals surface area contributed by atoms with Crippen molar-refractivity contribution in [2.24, 2.45) is 5.14 Å². The number of nitro benzene ring substituents is 1. The summed E-state index contributed by atoms with van der Waals surface area (Å²) in [5.74, 6) is 0. The molecular weight excluding hydrogens is 320 g/mol. The maximum atomic E-state index is 11.4. The third kappa shape index (κ3) is 3.46. The Kier molecular flexibility index (Phi) is 4.03. The van der Waals surface area contributed by atoms with Crippen molar-refractivity contribution in [2.45, 2.75) is 49.2 Å². The van der Waals surface area contributed by atoms with Crippen molar-refractivity contribution in [3.8, 4) is 0 Å². The fourth-order valence-corrected chi connectivity index (χ4v) is 3.79. The summed E-state index contributed by atoms with van der Waals surface area (Å²) in [7, 11) is -3.96. The number of primary sulfonamides is 1. The van der Waals surface area contributed by atoms with E-state index in [2.05, 4.69) is 17.1 Å². The van der Waals surface area contributed by atoms with E-state index >= 15 is 0 Å². The molecule has 0 amide bonds. The number of hydrogen-bond donors (Lipinski definition) is 2. The molecule has 2 atom stereocenters. The Balaban J connectivity index is 1.81. The van der Waals surface area contributed by atoms with Crippen molar-refractivity contribution in [3.63, 3.8) is 0 Å². The summed E-state index contributed by atoms with van der Waals surface area (Å²) in [6, 6.07) is 4.93. The highest BCUT2D eigenvalue weighted by atomic mass is 32.2. The van der Waals surface area contributed by atoms with Gasteiger partial charge in [0, 0.05) is 30.7 Å². The van der Waals surface area contributed by atoms with Crippen LogP contribution in [0.1, 0.15) is 26.2 Å². The quantitative estimate of drug-likeness (QED) is 0.615. The van der Waals surface area contributed by atoms with Gasteiger partial charge in [0.2, 0.25) is 10.0 Å². The Morgan fingerprint density at radius 3 is 2.65 bits per heavy atom. The van der Waals surface area contributed by atoms with Gasteiger partial charge < -0.3 is 5.32 Å². The maximum Gasteiger partial charge on any atom is 0.293 e.